The quantitative estimate of drug-likeness (QED) is 0.507. The summed E-state index contributed by atoms with van der Waals surface area (Å²) in [5.41, 5.74) is -0.493. The topological polar surface area (TPSA) is 98.5 Å². The van der Waals surface area contributed by atoms with Gasteiger partial charge in [-0.15, -0.1) is 0 Å². The molecule has 1 aromatic rings. The molecule has 1 aromatic carbocycles. The van der Waals surface area contributed by atoms with Gasteiger partial charge in [-0.2, -0.15) is 0 Å². The molecule has 1 N–H and O–H groups in total. The number of rotatable bonds is 5. The Morgan fingerprint density at radius 3 is 2.71 bits per heavy atom. The molecule has 7 heteroatoms. The Hall–Kier alpha value is -2.44. The standard InChI is InChI=1S/C17H22N2O5/c1-11-6-5-8-14(12(11)2)18-16(20)10-24-17(21)13-7-3-4-9-15(13)19(22)23/h3-4,7,9,11-12,14H,5-6,8,10H2,1-2H3,(H,18,20)/t11-,12-,14+/m1/s1. The van der Waals surface area contributed by atoms with E-state index in [-0.39, 0.29) is 23.2 Å². The van der Waals surface area contributed by atoms with Gasteiger partial charge in [0.05, 0.1) is 4.92 Å². The Morgan fingerprint density at radius 1 is 1.29 bits per heavy atom. The maximum atomic E-state index is 12.0. The van der Waals surface area contributed by atoms with Gasteiger partial charge in [-0.25, -0.2) is 4.79 Å². The minimum absolute atomic E-state index is 0.0750. The second-order valence-electron chi connectivity index (χ2n) is 6.29. The van der Waals surface area contributed by atoms with E-state index in [0.29, 0.717) is 11.8 Å². The lowest BCUT2D eigenvalue weighted by Gasteiger charge is -2.34. The second kappa shape index (κ2) is 7.90. The van der Waals surface area contributed by atoms with Crippen molar-refractivity contribution in [2.75, 3.05) is 6.61 Å². The van der Waals surface area contributed by atoms with Crippen molar-refractivity contribution in [3.8, 4) is 0 Å². The molecule has 24 heavy (non-hydrogen) atoms. The molecule has 2 rings (SSSR count). The van der Waals surface area contributed by atoms with Crippen LogP contribution in [-0.4, -0.2) is 29.4 Å². The lowest BCUT2D eigenvalue weighted by Crippen LogP contribution is -2.45. The van der Waals surface area contributed by atoms with E-state index in [4.69, 9.17) is 4.74 Å². The number of amides is 1. The smallest absolute Gasteiger partial charge is 0.345 e. The fourth-order valence-electron chi connectivity index (χ4n) is 3.05. The van der Waals surface area contributed by atoms with E-state index >= 15 is 0 Å². The first-order chi connectivity index (χ1) is 11.4. The van der Waals surface area contributed by atoms with Gasteiger partial charge in [0, 0.05) is 12.1 Å². The molecule has 0 bridgehead atoms. The van der Waals surface area contributed by atoms with Crippen LogP contribution < -0.4 is 5.32 Å². The summed E-state index contributed by atoms with van der Waals surface area (Å²) in [7, 11) is 0. The van der Waals surface area contributed by atoms with Gasteiger partial charge < -0.3 is 10.1 Å². The van der Waals surface area contributed by atoms with E-state index in [1.54, 1.807) is 0 Å². The maximum Gasteiger partial charge on any atom is 0.345 e. The number of benzene rings is 1. The number of nitro groups is 1. The molecule has 130 valence electrons. The number of carbonyl (C=O) groups is 2. The Morgan fingerprint density at radius 2 is 2.00 bits per heavy atom. The molecule has 0 unspecified atom stereocenters. The second-order valence-corrected chi connectivity index (χ2v) is 6.29. The van der Waals surface area contributed by atoms with Crippen molar-refractivity contribution < 1.29 is 19.2 Å². The number of hydrogen-bond acceptors (Lipinski definition) is 5. The number of para-hydroxylation sites is 1. The van der Waals surface area contributed by atoms with Gasteiger partial charge in [0.25, 0.3) is 11.6 Å². The fourth-order valence-corrected chi connectivity index (χ4v) is 3.05. The van der Waals surface area contributed by atoms with Crippen LogP contribution in [0.2, 0.25) is 0 Å². The van der Waals surface area contributed by atoms with Crippen LogP contribution >= 0.6 is 0 Å². The highest BCUT2D eigenvalue weighted by Crippen LogP contribution is 2.29. The first kappa shape index (κ1) is 17.9. The number of esters is 1. The number of nitrogens with one attached hydrogen (secondary N) is 1. The Kier molecular flexibility index (Phi) is 5.89. The van der Waals surface area contributed by atoms with E-state index in [0.717, 1.165) is 19.3 Å². The van der Waals surface area contributed by atoms with Crippen LogP contribution in [0, 0.1) is 22.0 Å². The molecule has 1 aliphatic carbocycles. The number of nitro benzene ring substituents is 1. The summed E-state index contributed by atoms with van der Waals surface area (Å²) in [6.45, 7) is 3.83. The molecular weight excluding hydrogens is 312 g/mol. The number of carbonyl (C=O) groups excluding carboxylic acids is 2. The van der Waals surface area contributed by atoms with Gasteiger partial charge in [-0.05, 0) is 24.3 Å². The summed E-state index contributed by atoms with van der Waals surface area (Å²) < 4.78 is 4.93. The highest BCUT2D eigenvalue weighted by Gasteiger charge is 2.28. The Balaban J connectivity index is 1.90. The summed E-state index contributed by atoms with van der Waals surface area (Å²) >= 11 is 0. The predicted molar refractivity (Wildman–Crippen MR) is 87.5 cm³/mol. The third-order valence-electron chi connectivity index (χ3n) is 4.71. The van der Waals surface area contributed by atoms with Crippen LogP contribution in [0.15, 0.2) is 24.3 Å². The van der Waals surface area contributed by atoms with Crippen LogP contribution in [0.3, 0.4) is 0 Å². The molecular formula is C17H22N2O5. The lowest BCUT2D eigenvalue weighted by atomic mass is 9.78. The number of hydrogen-bond donors (Lipinski definition) is 1. The van der Waals surface area contributed by atoms with Crippen LogP contribution in [0.1, 0.15) is 43.5 Å². The highest BCUT2D eigenvalue weighted by molar-refractivity contribution is 5.95. The predicted octanol–water partition coefficient (Wildman–Crippen LogP) is 2.69. The van der Waals surface area contributed by atoms with Gasteiger partial charge in [-0.3, -0.25) is 14.9 Å². The maximum absolute atomic E-state index is 12.0. The molecule has 1 fully saturated rings. The molecule has 0 spiro atoms. The van der Waals surface area contributed by atoms with Gasteiger partial charge in [0.2, 0.25) is 0 Å². The summed E-state index contributed by atoms with van der Waals surface area (Å²) in [6, 6.07) is 5.58. The minimum atomic E-state index is -0.873. The molecule has 0 aromatic heterocycles. The SMILES string of the molecule is C[C@@H]1[C@H](C)CCC[C@@H]1NC(=O)COC(=O)c1ccccc1[N+](=O)[O-]. The molecule has 0 heterocycles. The van der Waals surface area contributed by atoms with Crippen molar-refractivity contribution in [1.82, 2.24) is 5.32 Å². The third kappa shape index (κ3) is 4.31. The van der Waals surface area contributed by atoms with E-state index in [9.17, 15) is 19.7 Å². The van der Waals surface area contributed by atoms with E-state index in [2.05, 4.69) is 19.2 Å². The average Bonchev–Trinajstić information content (AvgIpc) is 2.56. The first-order valence-electron chi connectivity index (χ1n) is 8.10. The summed E-state index contributed by atoms with van der Waals surface area (Å²) in [6.07, 6.45) is 3.13. The van der Waals surface area contributed by atoms with Crippen molar-refractivity contribution in [2.45, 2.75) is 39.2 Å². The molecule has 1 saturated carbocycles. The highest BCUT2D eigenvalue weighted by atomic mass is 16.6. The van der Waals surface area contributed by atoms with Crippen LogP contribution in [0.5, 0.6) is 0 Å². The van der Waals surface area contributed by atoms with Gasteiger partial charge in [0.15, 0.2) is 6.61 Å². The van der Waals surface area contributed by atoms with Gasteiger partial charge in [0.1, 0.15) is 5.56 Å². The summed E-state index contributed by atoms with van der Waals surface area (Å²) in [5.74, 6) is -0.345. The Bertz CT molecular complexity index is 631. The zero-order valence-corrected chi connectivity index (χ0v) is 13.9. The van der Waals surface area contributed by atoms with E-state index in [1.807, 2.05) is 0 Å². The van der Waals surface area contributed by atoms with Crippen LogP contribution in [-0.2, 0) is 9.53 Å². The zero-order valence-electron chi connectivity index (χ0n) is 13.9. The zero-order chi connectivity index (χ0) is 17.7. The number of ether oxygens (including phenoxy) is 1. The summed E-state index contributed by atoms with van der Waals surface area (Å²) in [4.78, 5) is 34.2. The first-order valence-corrected chi connectivity index (χ1v) is 8.10. The molecule has 1 aliphatic rings. The molecule has 0 saturated heterocycles. The molecule has 0 aliphatic heterocycles. The van der Waals surface area contributed by atoms with Crippen molar-refractivity contribution in [1.29, 1.82) is 0 Å². The van der Waals surface area contributed by atoms with Crippen LogP contribution in [0.4, 0.5) is 5.69 Å². The van der Waals surface area contributed by atoms with Crippen molar-refractivity contribution in [3.05, 3.63) is 39.9 Å². The average molecular weight is 334 g/mol. The molecule has 0 radical (unpaired) electrons. The van der Waals surface area contributed by atoms with Crippen molar-refractivity contribution in [3.63, 3.8) is 0 Å². The normalized spacial score (nSPS) is 23.3. The van der Waals surface area contributed by atoms with Crippen molar-refractivity contribution >= 4 is 17.6 Å². The third-order valence-corrected chi connectivity index (χ3v) is 4.71. The van der Waals surface area contributed by atoms with Gasteiger partial charge >= 0.3 is 5.97 Å². The van der Waals surface area contributed by atoms with E-state index in [1.165, 1.54) is 24.3 Å². The minimum Gasteiger partial charge on any atom is -0.452 e. The monoisotopic (exact) mass is 334 g/mol. The molecule has 3 atom stereocenters. The van der Waals surface area contributed by atoms with E-state index < -0.39 is 17.5 Å². The lowest BCUT2D eigenvalue weighted by molar-refractivity contribution is -0.385. The molecule has 1 amide bonds. The summed E-state index contributed by atoms with van der Waals surface area (Å²) in [5, 5.41) is 13.8. The largest absolute Gasteiger partial charge is 0.452 e. The fraction of sp³-hybridized carbons (Fsp3) is 0.529. The Labute approximate surface area is 140 Å². The van der Waals surface area contributed by atoms with Crippen LogP contribution in [0.25, 0.3) is 0 Å². The van der Waals surface area contributed by atoms with Crippen molar-refractivity contribution in [2.24, 2.45) is 11.8 Å². The van der Waals surface area contributed by atoms with Gasteiger partial charge in [-0.1, -0.05) is 38.8 Å². The number of nitrogens with zero attached hydrogens (tertiary/aromatic N) is 1. The molecule has 7 nitrogen and oxygen atoms in total.